The maximum atomic E-state index is 11.5. The van der Waals surface area contributed by atoms with Crippen molar-refractivity contribution in [1.29, 1.82) is 0 Å². The van der Waals surface area contributed by atoms with Gasteiger partial charge in [-0.3, -0.25) is 4.57 Å². The number of imidazole rings is 1. The smallest absolute Gasteiger partial charge is 0.360 e. The van der Waals surface area contributed by atoms with Gasteiger partial charge in [-0.2, -0.15) is 0 Å². The Bertz CT molecular complexity index is 653. The first-order chi connectivity index (χ1) is 8.95. The number of nitrogens with zero attached hydrogens (tertiary/aromatic N) is 2. The third-order valence-electron chi connectivity index (χ3n) is 2.62. The molecule has 0 fully saturated rings. The number of esters is 1. The van der Waals surface area contributed by atoms with Crippen molar-refractivity contribution < 1.29 is 9.53 Å². The molecular weight excluding hydrogens is 289 g/mol. The number of aromatic nitrogens is 2. The molecule has 0 aliphatic rings. The van der Waals surface area contributed by atoms with Gasteiger partial charge in [0.05, 0.1) is 22.8 Å². The van der Waals surface area contributed by atoms with E-state index in [-0.39, 0.29) is 11.5 Å². The van der Waals surface area contributed by atoms with Crippen LogP contribution in [0.3, 0.4) is 0 Å². The van der Waals surface area contributed by atoms with Gasteiger partial charge in [0.15, 0.2) is 5.69 Å². The normalized spacial score (nSPS) is 10.5. The van der Waals surface area contributed by atoms with Gasteiger partial charge in [-0.1, -0.05) is 23.2 Å². The van der Waals surface area contributed by atoms with E-state index in [1.54, 1.807) is 29.7 Å². The van der Waals surface area contributed by atoms with E-state index >= 15 is 0 Å². The lowest BCUT2D eigenvalue weighted by molar-refractivity contribution is 0.0596. The predicted molar refractivity (Wildman–Crippen MR) is 74.1 cm³/mol. The lowest BCUT2D eigenvalue weighted by Crippen LogP contribution is -2.07. The Morgan fingerprint density at radius 2 is 2.05 bits per heavy atom. The molecule has 2 aromatic rings. The van der Waals surface area contributed by atoms with Gasteiger partial charge in [-0.05, 0) is 25.1 Å². The minimum absolute atomic E-state index is 0.0751. The topological polar surface area (TPSA) is 70.1 Å². The Balaban J connectivity index is 2.59. The molecule has 1 heterocycles. The molecule has 0 saturated heterocycles. The molecule has 0 spiro atoms. The Morgan fingerprint density at radius 1 is 1.37 bits per heavy atom. The highest BCUT2D eigenvalue weighted by Gasteiger charge is 2.20. The summed E-state index contributed by atoms with van der Waals surface area (Å²) in [5, 5.41) is 0.834. The Morgan fingerprint density at radius 3 is 2.63 bits per heavy atom. The number of benzene rings is 1. The van der Waals surface area contributed by atoms with Crippen LogP contribution in [0.15, 0.2) is 18.2 Å². The first-order valence-corrected chi connectivity index (χ1v) is 6.10. The number of hydrogen-bond donors (Lipinski definition) is 1. The summed E-state index contributed by atoms with van der Waals surface area (Å²) >= 11 is 11.8. The molecule has 2 N–H and O–H groups in total. The molecule has 0 saturated carbocycles. The fourth-order valence-corrected chi connectivity index (χ4v) is 2.04. The fraction of sp³-hybridized carbons (Fsp3) is 0.167. The fourth-order valence-electron chi connectivity index (χ4n) is 1.75. The summed E-state index contributed by atoms with van der Waals surface area (Å²) in [5.74, 6) is 0.165. The largest absolute Gasteiger partial charge is 0.464 e. The van der Waals surface area contributed by atoms with Gasteiger partial charge in [0.1, 0.15) is 11.6 Å². The van der Waals surface area contributed by atoms with Crippen LogP contribution in [0.5, 0.6) is 0 Å². The summed E-state index contributed by atoms with van der Waals surface area (Å²) in [6, 6.07) is 5.03. The first-order valence-electron chi connectivity index (χ1n) is 5.34. The van der Waals surface area contributed by atoms with Gasteiger partial charge in [0.2, 0.25) is 0 Å². The van der Waals surface area contributed by atoms with E-state index < -0.39 is 5.97 Å². The quantitative estimate of drug-likeness (QED) is 0.866. The van der Waals surface area contributed by atoms with Crippen LogP contribution in [-0.4, -0.2) is 22.6 Å². The van der Waals surface area contributed by atoms with Crippen LogP contribution in [-0.2, 0) is 4.74 Å². The van der Waals surface area contributed by atoms with Gasteiger partial charge in [0, 0.05) is 0 Å². The van der Waals surface area contributed by atoms with Crippen molar-refractivity contribution in [2.45, 2.75) is 6.92 Å². The van der Waals surface area contributed by atoms with Crippen LogP contribution in [0.4, 0.5) is 5.82 Å². The van der Waals surface area contributed by atoms with Gasteiger partial charge >= 0.3 is 5.97 Å². The van der Waals surface area contributed by atoms with Crippen LogP contribution < -0.4 is 5.73 Å². The molecule has 0 bridgehead atoms. The highest BCUT2D eigenvalue weighted by Crippen LogP contribution is 2.27. The SMILES string of the molecule is COC(=O)c1nc(C)n(-c2ccc(Cl)c(Cl)c2)c1N. The van der Waals surface area contributed by atoms with Crippen molar-refractivity contribution in [1.82, 2.24) is 9.55 Å². The molecule has 100 valence electrons. The summed E-state index contributed by atoms with van der Waals surface area (Å²) in [7, 11) is 1.27. The number of aryl methyl sites for hydroxylation is 1. The predicted octanol–water partition coefficient (Wildman–Crippen LogP) is 2.86. The van der Waals surface area contributed by atoms with E-state index in [1.165, 1.54) is 7.11 Å². The maximum Gasteiger partial charge on any atom is 0.360 e. The van der Waals surface area contributed by atoms with E-state index in [0.717, 1.165) is 0 Å². The van der Waals surface area contributed by atoms with E-state index in [0.29, 0.717) is 21.6 Å². The molecule has 0 atom stereocenters. The molecule has 5 nitrogen and oxygen atoms in total. The highest BCUT2D eigenvalue weighted by atomic mass is 35.5. The van der Waals surface area contributed by atoms with Crippen LogP contribution in [0.25, 0.3) is 5.69 Å². The monoisotopic (exact) mass is 299 g/mol. The van der Waals surface area contributed by atoms with Crippen molar-refractivity contribution in [3.63, 3.8) is 0 Å². The lowest BCUT2D eigenvalue weighted by atomic mass is 10.3. The van der Waals surface area contributed by atoms with E-state index in [9.17, 15) is 4.79 Å². The minimum atomic E-state index is -0.584. The molecule has 1 aromatic carbocycles. The average Bonchev–Trinajstić information content (AvgIpc) is 2.68. The number of hydrogen-bond acceptors (Lipinski definition) is 4. The molecular formula is C12H11Cl2N3O2. The molecule has 2 rings (SSSR count). The minimum Gasteiger partial charge on any atom is -0.464 e. The maximum absolute atomic E-state index is 11.5. The van der Waals surface area contributed by atoms with Gasteiger partial charge in [0.25, 0.3) is 0 Å². The van der Waals surface area contributed by atoms with Crippen LogP contribution in [0.1, 0.15) is 16.3 Å². The Kier molecular flexibility index (Phi) is 3.68. The summed E-state index contributed by atoms with van der Waals surface area (Å²) < 4.78 is 6.23. The Labute approximate surface area is 119 Å². The summed E-state index contributed by atoms with van der Waals surface area (Å²) in [6.07, 6.45) is 0. The first kappa shape index (κ1) is 13.7. The van der Waals surface area contributed by atoms with Crippen LogP contribution in [0.2, 0.25) is 10.0 Å². The average molecular weight is 300 g/mol. The van der Waals surface area contributed by atoms with Crippen LogP contribution in [0, 0.1) is 6.92 Å². The number of carbonyl (C=O) groups is 1. The highest BCUT2D eigenvalue weighted by molar-refractivity contribution is 6.42. The van der Waals surface area contributed by atoms with Crippen molar-refractivity contribution in [2.75, 3.05) is 12.8 Å². The number of nitrogens with two attached hydrogens (primary N) is 1. The van der Waals surface area contributed by atoms with Crippen LogP contribution >= 0.6 is 23.2 Å². The molecule has 19 heavy (non-hydrogen) atoms. The molecule has 0 unspecified atom stereocenters. The zero-order chi connectivity index (χ0) is 14.2. The standard InChI is InChI=1S/C12H11Cl2N3O2/c1-6-16-10(12(18)19-2)11(15)17(6)7-3-4-8(13)9(14)5-7/h3-5H,15H2,1-2H3. The zero-order valence-corrected chi connectivity index (χ0v) is 11.8. The molecule has 0 radical (unpaired) electrons. The third-order valence-corrected chi connectivity index (χ3v) is 3.36. The van der Waals surface area contributed by atoms with Gasteiger partial charge in [-0.15, -0.1) is 0 Å². The molecule has 0 aliphatic heterocycles. The number of ether oxygens (including phenoxy) is 1. The third kappa shape index (κ3) is 2.39. The second kappa shape index (κ2) is 5.11. The molecule has 0 amide bonds. The van der Waals surface area contributed by atoms with Crippen molar-refractivity contribution in [2.24, 2.45) is 0 Å². The summed E-state index contributed by atoms with van der Waals surface area (Å²) in [4.78, 5) is 15.6. The van der Waals surface area contributed by atoms with Crippen molar-refractivity contribution in [3.8, 4) is 5.69 Å². The number of methoxy groups -OCH3 is 1. The van der Waals surface area contributed by atoms with Gasteiger partial charge < -0.3 is 10.5 Å². The molecule has 7 heteroatoms. The summed E-state index contributed by atoms with van der Waals surface area (Å²) in [5.41, 5.74) is 6.67. The molecule has 1 aromatic heterocycles. The Hall–Kier alpha value is -1.72. The van der Waals surface area contributed by atoms with Crippen molar-refractivity contribution >= 4 is 35.0 Å². The number of nitrogen functional groups attached to an aromatic ring is 1. The van der Waals surface area contributed by atoms with E-state index in [2.05, 4.69) is 9.72 Å². The summed E-state index contributed by atoms with van der Waals surface area (Å²) in [6.45, 7) is 1.73. The lowest BCUT2D eigenvalue weighted by Gasteiger charge is -2.08. The second-order valence-electron chi connectivity index (χ2n) is 3.82. The number of rotatable bonds is 2. The zero-order valence-electron chi connectivity index (χ0n) is 10.3. The van der Waals surface area contributed by atoms with E-state index in [1.807, 2.05) is 0 Å². The second-order valence-corrected chi connectivity index (χ2v) is 4.63. The van der Waals surface area contributed by atoms with E-state index in [4.69, 9.17) is 28.9 Å². The number of carbonyl (C=O) groups excluding carboxylic acids is 1. The molecule has 0 aliphatic carbocycles. The number of anilines is 1. The van der Waals surface area contributed by atoms with Gasteiger partial charge in [-0.25, -0.2) is 9.78 Å². The number of halogens is 2. The van der Waals surface area contributed by atoms with Crippen molar-refractivity contribution in [3.05, 3.63) is 39.8 Å².